The third kappa shape index (κ3) is 1.82. The summed E-state index contributed by atoms with van der Waals surface area (Å²) in [5.41, 5.74) is 1.85. The fourth-order valence-corrected chi connectivity index (χ4v) is 1.74. The van der Waals surface area contributed by atoms with Crippen LogP contribution in [0.2, 0.25) is 0 Å². The number of hydrogen-bond donors (Lipinski definition) is 1. The summed E-state index contributed by atoms with van der Waals surface area (Å²) in [6.45, 7) is 1.87. The van der Waals surface area contributed by atoms with Crippen LogP contribution >= 0.6 is 11.3 Å². The van der Waals surface area contributed by atoms with Crippen LogP contribution in [0, 0.1) is 0 Å². The molecule has 1 aliphatic heterocycles. The number of amidine groups is 1. The fourth-order valence-electron chi connectivity index (χ4n) is 1.20. The molecule has 0 unspecified atom stereocenters. The highest BCUT2D eigenvalue weighted by atomic mass is 32.1. The molecule has 0 fully saturated rings. The standard InChI is InChI=1S/C8H11N3S/c1-2-8(10-3-1)11-5-7-4-9-6-12-7/h4,6H,1-3,5H2,(H,10,11). The predicted molar refractivity (Wildman–Crippen MR) is 50.5 cm³/mol. The molecular weight excluding hydrogens is 170 g/mol. The van der Waals surface area contributed by atoms with Crippen molar-refractivity contribution in [3.8, 4) is 0 Å². The van der Waals surface area contributed by atoms with Gasteiger partial charge < -0.3 is 5.32 Å². The molecule has 2 rings (SSSR count). The van der Waals surface area contributed by atoms with Gasteiger partial charge in [-0.1, -0.05) is 0 Å². The largest absolute Gasteiger partial charge is 0.369 e. The molecular formula is C8H11N3S. The van der Waals surface area contributed by atoms with Crippen LogP contribution in [0.25, 0.3) is 0 Å². The Bertz CT molecular complexity index is 266. The van der Waals surface area contributed by atoms with Crippen LogP contribution in [-0.4, -0.2) is 17.4 Å². The lowest BCUT2D eigenvalue weighted by molar-refractivity contribution is 0.899. The average Bonchev–Trinajstić information content (AvgIpc) is 2.74. The van der Waals surface area contributed by atoms with E-state index in [2.05, 4.69) is 15.3 Å². The molecule has 0 saturated heterocycles. The van der Waals surface area contributed by atoms with Gasteiger partial charge in [0.15, 0.2) is 0 Å². The number of aromatic nitrogens is 1. The highest BCUT2D eigenvalue weighted by Gasteiger charge is 2.04. The quantitative estimate of drug-likeness (QED) is 0.749. The van der Waals surface area contributed by atoms with Crippen molar-refractivity contribution in [3.63, 3.8) is 0 Å². The van der Waals surface area contributed by atoms with Crippen molar-refractivity contribution in [2.24, 2.45) is 4.99 Å². The first kappa shape index (κ1) is 7.73. The molecule has 4 heteroatoms. The van der Waals surface area contributed by atoms with E-state index >= 15 is 0 Å². The number of nitrogens with zero attached hydrogens (tertiary/aromatic N) is 2. The van der Waals surface area contributed by atoms with Gasteiger partial charge in [0.05, 0.1) is 17.9 Å². The molecule has 0 amide bonds. The summed E-state index contributed by atoms with van der Waals surface area (Å²) in [6, 6.07) is 0. The fraction of sp³-hybridized carbons (Fsp3) is 0.500. The van der Waals surface area contributed by atoms with Crippen LogP contribution in [-0.2, 0) is 6.54 Å². The van der Waals surface area contributed by atoms with Crippen molar-refractivity contribution >= 4 is 17.2 Å². The number of aliphatic imine (C=N–C) groups is 1. The van der Waals surface area contributed by atoms with E-state index in [-0.39, 0.29) is 0 Å². The van der Waals surface area contributed by atoms with Crippen LogP contribution in [0.5, 0.6) is 0 Å². The summed E-state index contributed by atoms with van der Waals surface area (Å²) < 4.78 is 0. The first-order valence-electron chi connectivity index (χ1n) is 4.10. The van der Waals surface area contributed by atoms with Gasteiger partial charge in [0, 0.05) is 24.0 Å². The first-order chi connectivity index (χ1) is 5.95. The summed E-state index contributed by atoms with van der Waals surface area (Å²) >= 11 is 1.68. The van der Waals surface area contributed by atoms with Crippen molar-refractivity contribution < 1.29 is 0 Å². The lowest BCUT2D eigenvalue weighted by atomic mass is 10.3. The summed E-state index contributed by atoms with van der Waals surface area (Å²) in [4.78, 5) is 9.60. The molecule has 0 aliphatic carbocycles. The molecule has 0 spiro atoms. The Labute approximate surface area is 75.6 Å². The second-order valence-electron chi connectivity index (χ2n) is 2.75. The molecule has 1 aromatic rings. The average molecular weight is 181 g/mol. The van der Waals surface area contributed by atoms with Crippen LogP contribution in [0.15, 0.2) is 16.7 Å². The number of nitrogens with one attached hydrogen (secondary N) is 1. The minimum Gasteiger partial charge on any atom is -0.369 e. The van der Waals surface area contributed by atoms with Crippen LogP contribution in [0.3, 0.4) is 0 Å². The Kier molecular flexibility index (Phi) is 2.36. The van der Waals surface area contributed by atoms with E-state index in [0.29, 0.717) is 0 Å². The molecule has 1 N–H and O–H groups in total. The topological polar surface area (TPSA) is 37.3 Å². The van der Waals surface area contributed by atoms with Gasteiger partial charge in [-0.2, -0.15) is 0 Å². The van der Waals surface area contributed by atoms with Gasteiger partial charge in [-0.25, -0.2) is 0 Å². The molecule has 1 aromatic heterocycles. The van der Waals surface area contributed by atoms with E-state index in [9.17, 15) is 0 Å². The Morgan fingerprint density at radius 1 is 1.58 bits per heavy atom. The number of hydrogen-bond acceptors (Lipinski definition) is 4. The van der Waals surface area contributed by atoms with Crippen molar-refractivity contribution in [2.45, 2.75) is 19.4 Å². The van der Waals surface area contributed by atoms with E-state index in [1.165, 1.54) is 11.3 Å². The maximum atomic E-state index is 4.32. The number of rotatable bonds is 2. The van der Waals surface area contributed by atoms with E-state index in [4.69, 9.17) is 0 Å². The van der Waals surface area contributed by atoms with E-state index in [0.717, 1.165) is 25.3 Å². The molecule has 0 bridgehead atoms. The zero-order chi connectivity index (χ0) is 8.23. The highest BCUT2D eigenvalue weighted by Crippen LogP contribution is 2.06. The lowest BCUT2D eigenvalue weighted by Gasteiger charge is -2.01. The van der Waals surface area contributed by atoms with Crippen LogP contribution < -0.4 is 5.32 Å². The molecule has 0 radical (unpaired) electrons. The predicted octanol–water partition coefficient (Wildman–Crippen LogP) is 1.43. The smallest absolute Gasteiger partial charge is 0.0966 e. The SMILES string of the molecule is c1ncc(CNC2=NCCC2)s1. The van der Waals surface area contributed by atoms with Crippen LogP contribution in [0.4, 0.5) is 0 Å². The molecule has 64 valence electrons. The van der Waals surface area contributed by atoms with E-state index in [1.807, 2.05) is 11.7 Å². The third-order valence-corrected chi connectivity index (χ3v) is 2.60. The van der Waals surface area contributed by atoms with Gasteiger partial charge in [0.2, 0.25) is 0 Å². The molecule has 1 aliphatic rings. The zero-order valence-corrected chi connectivity index (χ0v) is 7.60. The highest BCUT2D eigenvalue weighted by molar-refractivity contribution is 7.09. The minimum absolute atomic E-state index is 0.878. The van der Waals surface area contributed by atoms with Crippen LogP contribution in [0.1, 0.15) is 17.7 Å². The molecule has 0 aromatic carbocycles. The molecule has 0 atom stereocenters. The second-order valence-corrected chi connectivity index (χ2v) is 3.72. The van der Waals surface area contributed by atoms with Crippen molar-refractivity contribution in [2.75, 3.05) is 6.54 Å². The zero-order valence-electron chi connectivity index (χ0n) is 6.79. The van der Waals surface area contributed by atoms with Gasteiger partial charge >= 0.3 is 0 Å². The van der Waals surface area contributed by atoms with Gasteiger partial charge in [-0.05, 0) is 6.42 Å². The Hall–Kier alpha value is -0.900. The monoisotopic (exact) mass is 181 g/mol. The normalized spacial score (nSPS) is 16.2. The minimum atomic E-state index is 0.878. The summed E-state index contributed by atoms with van der Waals surface area (Å²) in [5, 5.41) is 3.30. The van der Waals surface area contributed by atoms with Gasteiger partial charge in [0.25, 0.3) is 0 Å². The van der Waals surface area contributed by atoms with E-state index < -0.39 is 0 Å². The summed E-state index contributed by atoms with van der Waals surface area (Å²) in [5.74, 6) is 1.16. The van der Waals surface area contributed by atoms with Crippen molar-refractivity contribution in [1.29, 1.82) is 0 Å². The lowest BCUT2D eigenvalue weighted by Crippen LogP contribution is -2.19. The van der Waals surface area contributed by atoms with Gasteiger partial charge in [-0.3, -0.25) is 9.98 Å². The Morgan fingerprint density at radius 3 is 3.25 bits per heavy atom. The van der Waals surface area contributed by atoms with Crippen molar-refractivity contribution in [3.05, 3.63) is 16.6 Å². The molecule has 2 heterocycles. The van der Waals surface area contributed by atoms with Gasteiger partial charge in [0.1, 0.15) is 0 Å². The second kappa shape index (κ2) is 3.67. The van der Waals surface area contributed by atoms with Crippen molar-refractivity contribution in [1.82, 2.24) is 10.3 Å². The maximum absolute atomic E-state index is 4.32. The number of thiazole rings is 1. The molecule has 0 saturated carbocycles. The molecule has 12 heavy (non-hydrogen) atoms. The maximum Gasteiger partial charge on any atom is 0.0966 e. The van der Waals surface area contributed by atoms with Gasteiger partial charge in [-0.15, -0.1) is 11.3 Å². The van der Waals surface area contributed by atoms with E-state index in [1.54, 1.807) is 11.3 Å². The molecule has 3 nitrogen and oxygen atoms in total. The first-order valence-corrected chi connectivity index (χ1v) is 4.98. The Balaban J connectivity index is 1.82. The summed E-state index contributed by atoms with van der Waals surface area (Å²) in [7, 11) is 0. The Morgan fingerprint density at radius 2 is 2.58 bits per heavy atom. The summed E-state index contributed by atoms with van der Waals surface area (Å²) in [6.07, 6.45) is 4.21. The third-order valence-electron chi connectivity index (χ3n) is 1.82.